The smallest absolute Gasteiger partial charge is 0.310 e. The molecule has 1 aliphatic rings. The van der Waals surface area contributed by atoms with E-state index < -0.39 is 11.7 Å². The summed E-state index contributed by atoms with van der Waals surface area (Å²) >= 11 is 0. The lowest BCUT2D eigenvalue weighted by Crippen LogP contribution is -2.17. The van der Waals surface area contributed by atoms with Gasteiger partial charge in [-0.05, 0) is 18.9 Å². The average molecular weight is 282 g/mol. The van der Waals surface area contributed by atoms with E-state index in [1.54, 1.807) is 18.5 Å². The summed E-state index contributed by atoms with van der Waals surface area (Å²) in [6.07, 6.45) is 2.95. The second kappa shape index (κ2) is 4.90. The van der Waals surface area contributed by atoms with Crippen molar-refractivity contribution in [3.05, 3.63) is 42.0 Å². The molecule has 0 radical (unpaired) electrons. The summed E-state index contributed by atoms with van der Waals surface area (Å²) in [5.74, 6) is 0. The number of alkyl halides is 3. The van der Waals surface area contributed by atoms with Gasteiger partial charge in [0.25, 0.3) is 0 Å². The summed E-state index contributed by atoms with van der Waals surface area (Å²) in [6.45, 7) is 0.578. The molecule has 2 aromatic heterocycles. The minimum Gasteiger partial charge on any atom is -0.310 e. The molecule has 7 heteroatoms. The molecule has 20 heavy (non-hydrogen) atoms. The molecule has 0 aromatic carbocycles. The quantitative estimate of drug-likeness (QED) is 0.937. The fourth-order valence-corrected chi connectivity index (χ4v) is 1.92. The second-order valence-electron chi connectivity index (χ2n) is 4.83. The first-order valence-electron chi connectivity index (χ1n) is 6.32. The van der Waals surface area contributed by atoms with Crippen molar-refractivity contribution in [2.75, 3.05) is 0 Å². The molecule has 1 saturated carbocycles. The molecule has 0 unspecified atom stereocenters. The lowest BCUT2D eigenvalue weighted by Gasteiger charge is -2.09. The Morgan fingerprint density at radius 1 is 1.30 bits per heavy atom. The van der Waals surface area contributed by atoms with Gasteiger partial charge in [0.15, 0.2) is 0 Å². The van der Waals surface area contributed by atoms with Crippen LogP contribution >= 0.6 is 0 Å². The van der Waals surface area contributed by atoms with Crippen LogP contribution < -0.4 is 5.32 Å². The summed E-state index contributed by atoms with van der Waals surface area (Å²) in [4.78, 5) is 4.02. The SMILES string of the molecule is FC(F)(F)c1cnn(-c2ccncc2CNC2CC2)c1. The Kier molecular flexibility index (Phi) is 3.21. The van der Waals surface area contributed by atoms with Gasteiger partial charge in [0.05, 0.1) is 17.4 Å². The normalized spacial score (nSPS) is 15.6. The number of halogens is 3. The van der Waals surface area contributed by atoms with Crippen molar-refractivity contribution in [1.82, 2.24) is 20.1 Å². The third-order valence-corrected chi connectivity index (χ3v) is 3.19. The minimum atomic E-state index is -4.38. The Labute approximate surface area is 113 Å². The highest BCUT2D eigenvalue weighted by Crippen LogP contribution is 2.29. The van der Waals surface area contributed by atoms with Crippen LogP contribution in [0.15, 0.2) is 30.9 Å². The Bertz CT molecular complexity index is 602. The maximum absolute atomic E-state index is 12.6. The van der Waals surface area contributed by atoms with E-state index in [1.807, 2.05) is 0 Å². The van der Waals surface area contributed by atoms with Gasteiger partial charge in [-0.2, -0.15) is 18.3 Å². The number of nitrogens with zero attached hydrogens (tertiary/aromatic N) is 3. The van der Waals surface area contributed by atoms with Gasteiger partial charge in [-0.15, -0.1) is 0 Å². The van der Waals surface area contributed by atoms with Crippen LogP contribution in [0, 0.1) is 0 Å². The highest BCUT2D eigenvalue weighted by atomic mass is 19.4. The topological polar surface area (TPSA) is 42.7 Å². The molecular formula is C13H13F3N4. The third-order valence-electron chi connectivity index (χ3n) is 3.19. The van der Waals surface area contributed by atoms with Gasteiger partial charge >= 0.3 is 6.18 Å². The van der Waals surface area contributed by atoms with Crippen LogP contribution in [0.3, 0.4) is 0 Å². The largest absolute Gasteiger partial charge is 0.419 e. The molecule has 1 N–H and O–H groups in total. The summed E-state index contributed by atoms with van der Waals surface area (Å²) in [6, 6.07) is 2.18. The Balaban J connectivity index is 1.86. The first-order chi connectivity index (χ1) is 9.54. The number of hydrogen-bond acceptors (Lipinski definition) is 3. The number of rotatable bonds is 4. The van der Waals surface area contributed by atoms with E-state index in [0.717, 1.165) is 30.8 Å². The van der Waals surface area contributed by atoms with E-state index in [0.29, 0.717) is 18.3 Å². The number of aromatic nitrogens is 3. The van der Waals surface area contributed by atoms with E-state index in [-0.39, 0.29) is 0 Å². The van der Waals surface area contributed by atoms with E-state index >= 15 is 0 Å². The Morgan fingerprint density at radius 3 is 2.75 bits per heavy atom. The molecule has 3 rings (SSSR count). The van der Waals surface area contributed by atoms with Crippen molar-refractivity contribution in [3.8, 4) is 5.69 Å². The van der Waals surface area contributed by atoms with E-state index in [1.165, 1.54) is 4.68 Å². The molecule has 2 heterocycles. The molecule has 1 aliphatic carbocycles. The Hall–Kier alpha value is -1.89. The molecule has 2 aromatic rings. The van der Waals surface area contributed by atoms with Crippen molar-refractivity contribution in [1.29, 1.82) is 0 Å². The van der Waals surface area contributed by atoms with Crippen molar-refractivity contribution in [3.63, 3.8) is 0 Å². The molecule has 0 saturated heterocycles. The van der Waals surface area contributed by atoms with Crippen LogP contribution in [-0.4, -0.2) is 20.8 Å². The maximum atomic E-state index is 12.6. The number of hydrogen-bond donors (Lipinski definition) is 1. The average Bonchev–Trinajstić information content (AvgIpc) is 3.09. The van der Waals surface area contributed by atoms with Crippen LogP contribution in [0.5, 0.6) is 0 Å². The lowest BCUT2D eigenvalue weighted by molar-refractivity contribution is -0.137. The van der Waals surface area contributed by atoms with Gasteiger partial charge in [-0.1, -0.05) is 0 Å². The van der Waals surface area contributed by atoms with E-state index in [2.05, 4.69) is 15.4 Å². The summed E-state index contributed by atoms with van der Waals surface area (Å²) < 4.78 is 39.0. The lowest BCUT2D eigenvalue weighted by atomic mass is 10.2. The summed E-state index contributed by atoms with van der Waals surface area (Å²) in [5, 5.41) is 7.11. The standard InChI is InChI=1S/C13H13F3N4/c14-13(15,16)10-7-19-20(8-10)12-3-4-17-5-9(12)6-18-11-1-2-11/h3-5,7-8,11,18H,1-2,6H2. The fourth-order valence-electron chi connectivity index (χ4n) is 1.92. The molecule has 106 valence electrons. The Morgan fingerprint density at radius 2 is 2.10 bits per heavy atom. The van der Waals surface area contributed by atoms with Gasteiger partial charge in [0.1, 0.15) is 0 Å². The molecule has 0 amide bonds. The maximum Gasteiger partial charge on any atom is 0.419 e. The predicted octanol–water partition coefficient (Wildman–Crippen LogP) is 2.54. The molecule has 0 atom stereocenters. The first kappa shape index (κ1) is 13.1. The van der Waals surface area contributed by atoms with Crippen molar-refractivity contribution in [2.45, 2.75) is 31.6 Å². The van der Waals surface area contributed by atoms with E-state index in [4.69, 9.17) is 0 Å². The van der Waals surface area contributed by atoms with Gasteiger partial charge in [0, 0.05) is 36.7 Å². The fraction of sp³-hybridized carbons (Fsp3) is 0.385. The predicted molar refractivity (Wildman–Crippen MR) is 66.2 cm³/mol. The molecular weight excluding hydrogens is 269 g/mol. The third kappa shape index (κ3) is 2.82. The summed E-state index contributed by atoms with van der Waals surface area (Å²) in [5.41, 5.74) is 0.690. The van der Waals surface area contributed by atoms with Crippen molar-refractivity contribution < 1.29 is 13.2 Å². The molecule has 0 aliphatic heterocycles. The summed E-state index contributed by atoms with van der Waals surface area (Å²) in [7, 11) is 0. The molecule has 1 fully saturated rings. The van der Waals surface area contributed by atoms with Crippen LogP contribution in [0.2, 0.25) is 0 Å². The highest BCUT2D eigenvalue weighted by Gasteiger charge is 2.32. The second-order valence-corrected chi connectivity index (χ2v) is 4.83. The monoisotopic (exact) mass is 282 g/mol. The zero-order valence-corrected chi connectivity index (χ0v) is 10.6. The van der Waals surface area contributed by atoms with Gasteiger partial charge < -0.3 is 5.32 Å². The zero-order valence-electron chi connectivity index (χ0n) is 10.6. The van der Waals surface area contributed by atoms with Crippen LogP contribution in [-0.2, 0) is 12.7 Å². The molecule has 4 nitrogen and oxygen atoms in total. The molecule has 0 bridgehead atoms. The van der Waals surface area contributed by atoms with Crippen molar-refractivity contribution >= 4 is 0 Å². The number of pyridine rings is 1. The molecule has 0 spiro atoms. The van der Waals surface area contributed by atoms with Crippen LogP contribution in [0.25, 0.3) is 5.69 Å². The van der Waals surface area contributed by atoms with Gasteiger partial charge in [-0.25, -0.2) is 4.68 Å². The minimum absolute atomic E-state index is 0.520. The van der Waals surface area contributed by atoms with E-state index in [9.17, 15) is 13.2 Å². The van der Waals surface area contributed by atoms with Gasteiger partial charge in [0.2, 0.25) is 0 Å². The van der Waals surface area contributed by atoms with Crippen LogP contribution in [0.1, 0.15) is 24.0 Å². The first-order valence-corrected chi connectivity index (χ1v) is 6.32. The van der Waals surface area contributed by atoms with Gasteiger partial charge in [-0.3, -0.25) is 4.98 Å². The zero-order chi connectivity index (χ0) is 14.2. The van der Waals surface area contributed by atoms with Crippen LogP contribution in [0.4, 0.5) is 13.2 Å². The highest BCUT2D eigenvalue weighted by molar-refractivity contribution is 5.38. The van der Waals surface area contributed by atoms with Crippen molar-refractivity contribution in [2.24, 2.45) is 0 Å². The number of nitrogens with one attached hydrogen (secondary N) is 1.